The predicted molar refractivity (Wildman–Crippen MR) is 112 cm³/mol. The Balaban J connectivity index is 0.000000383. The summed E-state index contributed by atoms with van der Waals surface area (Å²) >= 11 is 0. The zero-order valence-electron chi connectivity index (χ0n) is 18.9. The molecule has 1 spiro atoms. The first-order chi connectivity index (χ1) is 16.6. The lowest BCUT2D eigenvalue weighted by atomic mass is 9.89. The molecule has 1 aromatic rings. The van der Waals surface area contributed by atoms with E-state index in [0.29, 0.717) is 13.1 Å². The number of nitrogens with zero attached hydrogens (tertiary/aromatic N) is 3. The Hall–Kier alpha value is -3.20. The summed E-state index contributed by atoms with van der Waals surface area (Å²) in [7, 11) is 0. The summed E-state index contributed by atoms with van der Waals surface area (Å²) in [6.45, 7) is 8.08. The molecule has 2 fully saturated rings. The first-order valence-electron chi connectivity index (χ1n) is 10.3. The number of carboxylic acid groups (broad SMARTS) is 2. The number of aliphatic carboxylic acids is 2. The van der Waals surface area contributed by atoms with E-state index in [1.54, 1.807) is 6.08 Å². The molecule has 2 N–H and O–H groups in total. The van der Waals surface area contributed by atoms with Gasteiger partial charge in [-0.25, -0.2) is 9.59 Å². The van der Waals surface area contributed by atoms with Gasteiger partial charge in [0.1, 0.15) is 6.61 Å². The van der Waals surface area contributed by atoms with Gasteiger partial charge in [0.2, 0.25) is 5.91 Å². The largest absolute Gasteiger partial charge is 0.490 e. The van der Waals surface area contributed by atoms with Crippen molar-refractivity contribution in [2.45, 2.75) is 37.3 Å². The van der Waals surface area contributed by atoms with E-state index in [1.165, 1.54) is 0 Å². The number of halogens is 6. The standard InChI is InChI=1S/C17H23N3O2.2C2HF3O2/c1-2-9-20-14-17(22-13-16(20)21)6-10-19(11-7-17)12-15-5-3-4-8-18-15;2*3-2(4,5)1(6)7/h2-5,8H,1,6-7,9-14H2;2*(H,6,7). The molecule has 202 valence electrons. The molecular weight excluding hydrogens is 504 g/mol. The zero-order valence-corrected chi connectivity index (χ0v) is 18.9. The molecule has 36 heavy (non-hydrogen) atoms. The third-order valence-corrected chi connectivity index (χ3v) is 5.05. The average Bonchev–Trinajstić information content (AvgIpc) is 2.79. The quantitative estimate of drug-likeness (QED) is 0.452. The average molecular weight is 529 g/mol. The van der Waals surface area contributed by atoms with E-state index in [4.69, 9.17) is 24.5 Å². The molecular formula is C21H25F6N3O6. The minimum Gasteiger partial charge on any atom is -0.475 e. The Labute approximate surface area is 201 Å². The minimum atomic E-state index is -5.08. The van der Waals surface area contributed by atoms with Crippen LogP contribution in [0.5, 0.6) is 0 Å². The van der Waals surface area contributed by atoms with E-state index in [1.807, 2.05) is 23.2 Å². The number of likely N-dealkylation sites (tertiary alicyclic amines) is 1. The molecule has 2 saturated heterocycles. The molecule has 2 aliphatic heterocycles. The number of alkyl halides is 6. The van der Waals surface area contributed by atoms with Crippen LogP contribution in [0, 0.1) is 0 Å². The van der Waals surface area contributed by atoms with Gasteiger partial charge in [-0.05, 0) is 25.0 Å². The van der Waals surface area contributed by atoms with E-state index in [0.717, 1.165) is 38.2 Å². The number of hydrogen-bond acceptors (Lipinski definition) is 6. The molecule has 2 aliphatic rings. The van der Waals surface area contributed by atoms with Gasteiger partial charge in [-0.1, -0.05) is 12.1 Å². The lowest BCUT2D eigenvalue weighted by molar-refractivity contribution is -0.193. The van der Waals surface area contributed by atoms with Crippen molar-refractivity contribution in [1.82, 2.24) is 14.8 Å². The highest BCUT2D eigenvalue weighted by atomic mass is 19.4. The topological polar surface area (TPSA) is 120 Å². The van der Waals surface area contributed by atoms with Gasteiger partial charge in [-0.2, -0.15) is 26.3 Å². The maximum absolute atomic E-state index is 11.9. The number of piperidine rings is 1. The summed E-state index contributed by atoms with van der Waals surface area (Å²) in [5.41, 5.74) is 0.934. The molecule has 0 radical (unpaired) electrons. The molecule has 0 atom stereocenters. The van der Waals surface area contributed by atoms with E-state index in [9.17, 15) is 31.1 Å². The van der Waals surface area contributed by atoms with Crippen LogP contribution >= 0.6 is 0 Å². The monoisotopic (exact) mass is 529 g/mol. The molecule has 3 rings (SSSR count). The van der Waals surface area contributed by atoms with Crippen molar-refractivity contribution in [3.8, 4) is 0 Å². The number of ether oxygens (including phenoxy) is 1. The molecule has 0 bridgehead atoms. The summed E-state index contributed by atoms with van der Waals surface area (Å²) in [5, 5.41) is 14.2. The normalized spacial score (nSPS) is 17.8. The second-order valence-corrected chi connectivity index (χ2v) is 7.74. The molecule has 1 aromatic heterocycles. The van der Waals surface area contributed by atoms with Crippen LogP contribution in [0.1, 0.15) is 18.5 Å². The molecule has 9 nitrogen and oxygen atoms in total. The van der Waals surface area contributed by atoms with Gasteiger partial charge < -0.3 is 19.8 Å². The number of carbonyl (C=O) groups is 3. The lowest BCUT2D eigenvalue weighted by Gasteiger charge is -2.46. The van der Waals surface area contributed by atoms with Gasteiger partial charge in [0.25, 0.3) is 0 Å². The number of aromatic nitrogens is 1. The summed E-state index contributed by atoms with van der Waals surface area (Å²) in [6.07, 6.45) is -4.63. The van der Waals surface area contributed by atoms with E-state index in [2.05, 4.69) is 22.5 Å². The second-order valence-electron chi connectivity index (χ2n) is 7.74. The molecule has 15 heteroatoms. The number of carbonyl (C=O) groups excluding carboxylic acids is 1. The fourth-order valence-corrected chi connectivity index (χ4v) is 3.25. The van der Waals surface area contributed by atoms with Crippen LogP contribution in [0.25, 0.3) is 0 Å². The summed E-state index contributed by atoms with van der Waals surface area (Å²) < 4.78 is 69.4. The maximum atomic E-state index is 11.9. The van der Waals surface area contributed by atoms with Crippen LogP contribution in [0.2, 0.25) is 0 Å². The molecule has 0 aliphatic carbocycles. The molecule has 3 heterocycles. The van der Waals surface area contributed by atoms with Crippen LogP contribution < -0.4 is 0 Å². The number of morpholine rings is 1. The SMILES string of the molecule is C=CCN1CC2(CCN(Cc3ccccn3)CC2)OCC1=O.O=C(O)C(F)(F)F.O=C(O)C(F)(F)F. The summed E-state index contributed by atoms with van der Waals surface area (Å²) in [5.74, 6) is -5.44. The van der Waals surface area contributed by atoms with E-state index in [-0.39, 0.29) is 18.1 Å². The molecule has 0 saturated carbocycles. The zero-order chi connectivity index (χ0) is 27.6. The van der Waals surface area contributed by atoms with Crippen molar-refractivity contribution in [1.29, 1.82) is 0 Å². The smallest absolute Gasteiger partial charge is 0.475 e. The first-order valence-corrected chi connectivity index (χ1v) is 10.3. The Bertz CT molecular complexity index is 862. The highest BCUT2D eigenvalue weighted by molar-refractivity contribution is 5.78. The van der Waals surface area contributed by atoms with Crippen molar-refractivity contribution < 1.29 is 55.7 Å². The fourth-order valence-electron chi connectivity index (χ4n) is 3.25. The van der Waals surface area contributed by atoms with Gasteiger partial charge in [0.05, 0.1) is 17.8 Å². The Morgan fingerprint density at radius 1 is 1.08 bits per heavy atom. The summed E-state index contributed by atoms with van der Waals surface area (Å²) in [6, 6.07) is 6.03. The van der Waals surface area contributed by atoms with Gasteiger partial charge in [-0.15, -0.1) is 6.58 Å². The number of carboxylic acids is 2. The van der Waals surface area contributed by atoms with Crippen LogP contribution in [-0.4, -0.2) is 93.6 Å². The van der Waals surface area contributed by atoms with Crippen molar-refractivity contribution >= 4 is 17.8 Å². The predicted octanol–water partition coefficient (Wildman–Crippen LogP) is 2.73. The third kappa shape index (κ3) is 10.6. The highest BCUT2D eigenvalue weighted by Gasteiger charge is 2.42. The highest BCUT2D eigenvalue weighted by Crippen LogP contribution is 2.31. The van der Waals surface area contributed by atoms with E-state index < -0.39 is 24.3 Å². The van der Waals surface area contributed by atoms with Crippen molar-refractivity contribution in [3.63, 3.8) is 0 Å². The maximum Gasteiger partial charge on any atom is 0.490 e. The molecule has 0 unspecified atom stereocenters. The van der Waals surface area contributed by atoms with Gasteiger partial charge in [0, 0.05) is 32.4 Å². The van der Waals surface area contributed by atoms with Crippen LogP contribution in [-0.2, 0) is 25.7 Å². The Morgan fingerprint density at radius 2 is 1.61 bits per heavy atom. The van der Waals surface area contributed by atoms with Crippen molar-refractivity contribution in [2.75, 3.05) is 32.8 Å². The van der Waals surface area contributed by atoms with Gasteiger partial charge in [0.15, 0.2) is 0 Å². The van der Waals surface area contributed by atoms with Crippen LogP contribution in [0.15, 0.2) is 37.1 Å². The number of pyridine rings is 1. The van der Waals surface area contributed by atoms with Gasteiger partial charge in [-0.3, -0.25) is 14.7 Å². The molecule has 1 amide bonds. The Kier molecular flexibility index (Phi) is 11.3. The van der Waals surface area contributed by atoms with Gasteiger partial charge >= 0.3 is 24.3 Å². The fraction of sp³-hybridized carbons (Fsp3) is 0.524. The minimum absolute atomic E-state index is 0.0708. The second kappa shape index (κ2) is 13.2. The first kappa shape index (κ1) is 30.8. The van der Waals surface area contributed by atoms with Crippen LogP contribution in [0.4, 0.5) is 26.3 Å². The number of rotatable bonds is 4. The van der Waals surface area contributed by atoms with Crippen LogP contribution in [0.3, 0.4) is 0 Å². The number of amides is 1. The lowest BCUT2D eigenvalue weighted by Crippen LogP contribution is -2.58. The number of hydrogen-bond donors (Lipinski definition) is 2. The third-order valence-electron chi connectivity index (χ3n) is 5.05. The van der Waals surface area contributed by atoms with Crippen molar-refractivity contribution in [2.24, 2.45) is 0 Å². The Morgan fingerprint density at radius 3 is 2.03 bits per heavy atom. The molecule has 0 aromatic carbocycles. The summed E-state index contributed by atoms with van der Waals surface area (Å²) in [4.78, 5) is 38.3. The van der Waals surface area contributed by atoms with E-state index >= 15 is 0 Å². The van der Waals surface area contributed by atoms with Crippen molar-refractivity contribution in [3.05, 3.63) is 42.7 Å².